The van der Waals surface area contributed by atoms with Crippen molar-refractivity contribution in [1.82, 2.24) is 0 Å². The molecule has 1 aromatic carbocycles. The number of carbonyl (C=O) groups is 1. The Labute approximate surface area is 112 Å². The lowest BCUT2D eigenvalue weighted by Gasteiger charge is -2.19. The summed E-state index contributed by atoms with van der Waals surface area (Å²) >= 11 is 1.08. The minimum absolute atomic E-state index is 0.0597. The molecule has 7 heteroatoms. The van der Waals surface area contributed by atoms with Crippen molar-refractivity contribution >= 4 is 28.5 Å². The molecular formula is C12H11F3N2OS. The molecule has 1 aliphatic rings. The van der Waals surface area contributed by atoms with E-state index in [9.17, 15) is 18.0 Å². The molecule has 0 aliphatic carbocycles. The van der Waals surface area contributed by atoms with Crippen LogP contribution in [0, 0.1) is 5.41 Å². The van der Waals surface area contributed by atoms with Crippen LogP contribution in [0.3, 0.4) is 0 Å². The second kappa shape index (κ2) is 5.24. The summed E-state index contributed by atoms with van der Waals surface area (Å²) in [6, 6.07) is 6.41. The minimum atomic E-state index is -4.23. The number of hydrogen-bond donors (Lipinski definition) is 1. The van der Waals surface area contributed by atoms with E-state index >= 15 is 0 Å². The highest BCUT2D eigenvalue weighted by atomic mass is 32.2. The Morgan fingerprint density at radius 3 is 2.58 bits per heavy atom. The van der Waals surface area contributed by atoms with E-state index in [-0.39, 0.29) is 23.2 Å². The quantitative estimate of drug-likeness (QED) is 0.928. The van der Waals surface area contributed by atoms with E-state index in [0.29, 0.717) is 11.3 Å². The lowest BCUT2D eigenvalue weighted by molar-refractivity contribution is -0.133. The van der Waals surface area contributed by atoms with Gasteiger partial charge in [0.2, 0.25) is 5.91 Å². The number of amidine groups is 1. The normalized spacial score (nSPS) is 16.3. The maximum Gasteiger partial charge on any atom is 0.389 e. The van der Waals surface area contributed by atoms with Crippen molar-refractivity contribution in [3.05, 3.63) is 29.8 Å². The van der Waals surface area contributed by atoms with Crippen LogP contribution in [0.4, 0.5) is 18.9 Å². The van der Waals surface area contributed by atoms with Crippen molar-refractivity contribution in [2.45, 2.75) is 19.0 Å². The molecule has 1 heterocycles. The average molecular weight is 288 g/mol. The lowest BCUT2D eigenvalue weighted by atomic mass is 10.1. The molecule has 0 radical (unpaired) electrons. The van der Waals surface area contributed by atoms with E-state index in [1.165, 1.54) is 4.90 Å². The molecule has 1 amide bonds. The zero-order valence-corrected chi connectivity index (χ0v) is 10.6. The first-order chi connectivity index (χ1) is 8.88. The highest BCUT2D eigenvalue weighted by Crippen LogP contribution is 2.31. The second-order valence-electron chi connectivity index (χ2n) is 4.07. The summed E-state index contributed by atoms with van der Waals surface area (Å²) in [6.45, 7) is 0. The topological polar surface area (TPSA) is 44.2 Å². The molecule has 0 atom stereocenters. The Balaban J connectivity index is 2.26. The predicted molar refractivity (Wildman–Crippen MR) is 68.5 cm³/mol. The molecule has 1 aliphatic heterocycles. The number of hydrogen-bond acceptors (Lipinski definition) is 3. The van der Waals surface area contributed by atoms with Crippen LogP contribution >= 0.6 is 11.8 Å². The monoisotopic (exact) mass is 288 g/mol. The number of benzene rings is 1. The number of halogens is 3. The van der Waals surface area contributed by atoms with Gasteiger partial charge in [0.05, 0.1) is 11.4 Å². The molecule has 1 saturated heterocycles. The highest BCUT2D eigenvalue weighted by molar-refractivity contribution is 8.15. The van der Waals surface area contributed by atoms with E-state index in [1.54, 1.807) is 24.3 Å². The first-order valence-electron chi connectivity index (χ1n) is 5.57. The summed E-state index contributed by atoms with van der Waals surface area (Å²) < 4.78 is 36.8. The first kappa shape index (κ1) is 13.9. The van der Waals surface area contributed by atoms with Gasteiger partial charge in [-0.1, -0.05) is 30.0 Å². The van der Waals surface area contributed by atoms with E-state index in [2.05, 4.69) is 0 Å². The van der Waals surface area contributed by atoms with E-state index in [0.717, 1.165) is 11.8 Å². The van der Waals surface area contributed by atoms with Gasteiger partial charge < -0.3 is 0 Å². The van der Waals surface area contributed by atoms with Gasteiger partial charge >= 0.3 is 6.18 Å². The summed E-state index contributed by atoms with van der Waals surface area (Å²) in [5.74, 6) is -0.110. The largest absolute Gasteiger partial charge is 0.389 e. The third-order valence-electron chi connectivity index (χ3n) is 2.70. The number of carbonyl (C=O) groups excluding carboxylic acids is 1. The number of para-hydroxylation sites is 1. The molecule has 0 aromatic heterocycles. The molecule has 0 spiro atoms. The number of anilines is 1. The Hall–Kier alpha value is -1.50. The van der Waals surface area contributed by atoms with Crippen LogP contribution in [0.2, 0.25) is 0 Å². The standard InChI is InChI=1S/C12H11F3N2OS/c13-12(14,15)6-5-8-3-1-2-4-9(8)17-10(18)7-19-11(17)16/h1-4,16H,5-7H2. The number of thioether (sulfide) groups is 1. The van der Waals surface area contributed by atoms with Crippen LogP contribution in [0.1, 0.15) is 12.0 Å². The van der Waals surface area contributed by atoms with Crippen molar-refractivity contribution in [3.8, 4) is 0 Å². The van der Waals surface area contributed by atoms with E-state index < -0.39 is 12.6 Å². The van der Waals surface area contributed by atoms with Gasteiger partial charge in [0.25, 0.3) is 0 Å². The minimum Gasteiger partial charge on any atom is -0.278 e. The molecule has 0 unspecified atom stereocenters. The molecule has 2 rings (SSSR count). The van der Waals surface area contributed by atoms with Crippen LogP contribution in [-0.2, 0) is 11.2 Å². The smallest absolute Gasteiger partial charge is 0.278 e. The number of amides is 1. The summed E-state index contributed by atoms with van der Waals surface area (Å²) in [6.07, 6.45) is -5.36. The molecule has 1 aromatic rings. The average Bonchev–Trinajstić information content (AvgIpc) is 2.66. The molecule has 0 bridgehead atoms. The maximum absolute atomic E-state index is 12.3. The maximum atomic E-state index is 12.3. The molecule has 0 saturated carbocycles. The number of nitrogens with one attached hydrogen (secondary N) is 1. The van der Waals surface area contributed by atoms with Gasteiger partial charge in [-0.25, -0.2) is 0 Å². The van der Waals surface area contributed by atoms with Crippen LogP contribution < -0.4 is 4.90 Å². The van der Waals surface area contributed by atoms with Gasteiger partial charge in [-0.2, -0.15) is 13.2 Å². The third kappa shape index (κ3) is 3.28. The summed E-state index contributed by atoms with van der Waals surface area (Å²) in [5, 5.41) is 7.73. The summed E-state index contributed by atoms with van der Waals surface area (Å²) in [7, 11) is 0. The van der Waals surface area contributed by atoms with Gasteiger partial charge in [0.1, 0.15) is 0 Å². The van der Waals surface area contributed by atoms with Gasteiger partial charge in [-0.3, -0.25) is 15.1 Å². The zero-order chi connectivity index (χ0) is 14.0. The third-order valence-corrected chi connectivity index (χ3v) is 3.54. The summed E-state index contributed by atoms with van der Waals surface area (Å²) in [5.41, 5.74) is 0.812. The molecular weight excluding hydrogens is 277 g/mol. The molecule has 102 valence electrons. The van der Waals surface area contributed by atoms with E-state index in [4.69, 9.17) is 5.41 Å². The molecule has 3 nitrogen and oxygen atoms in total. The van der Waals surface area contributed by atoms with Gasteiger partial charge in [0.15, 0.2) is 5.17 Å². The van der Waals surface area contributed by atoms with Crippen LogP contribution in [0.5, 0.6) is 0 Å². The Morgan fingerprint density at radius 1 is 1.32 bits per heavy atom. The first-order valence-corrected chi connectivity index (χ1v) is 6.56. The highest BCUT2D eigenvalue weighted by Gasteiger charge is 2.31. The van der Waals surface area contributed by atoms with Gasteiger partial charge in [0, 0.05) is 6.42 Å². The molecule has 1 N–H and O–H groups in total. The lowest BCUT2D eigenvalue weighted by Crippen LogP contribution is -2.29. The van der Waals surface area contributed by atoms with Crippen LogP contribution in [0.15, 0.2) is 24.3 Å². The zero-order valence-electron chi connectivity index (χ0n) is 9.83. The SMILES string of the molecule is N=C1SCC(=O)N1c1ccccc1CCC(F)(F)F. The summed E-state index contributed by atoms with van der Waals surface area (Å²) in [4.78, 5) is 12.9. The molecule has 1 fully saturated rings. The van der Waals surface area contributed by atoms with Crippen molar-refractivity contribution in [1.29, 1.82) is 5.41 Å². The fraction of sp³-hybridized carbons (Fsp3) is 0.333. The van der Waals surface area contributed by atoms with Gasteiger partial charge in [-0.15, -0.1) is 0 Å². The fourth-order valence-electron chi connectivity index (χ4n) is 1.83. The van der Waals surface area contributed by atoms with Crippen molar-refractivity contribution in [3.63, 3.8) is 0 Å². The number of rotatable bonds is 3. The Bertz CT molecular complexity index is 500. The Kier molecular flexibility index (Phi) is 3.84. The number of nitrogens with zero attached hydrogens (tertiary/aromatic N) is 1. The number of alkyl halides is 3. The van der Waals surface area contributed by atoms with Gasteiger partial charge in [-0.05, 0) is 18.1 Å². The van der Waals surface area contributed by atoms with Crippen molar-refractivity contribution in [2.24, 2.45) is 0 Å². The van der Waals surface area contributed by atoms with Crippen LogP contribution in [0.25, 0.3) is 0 Å². The second-order valence-corrected chi connectivity index (χ2v) is 5.03. The fourth-order valence-corrected chi connectivity index (χ4v) is 2.55. The number of aryl methyl sites for hydroxylation is 1. The van der Waals surface area contributed by atoms with Crippen LogP contribution in [-0.4, -0.2) is 23.0 Å². The van der Waals surface area contributed by atoms with E-state index in [1.807, 2.05) is 0 Å². The van der Waals surface area contributed by atoms with Crippen molar-refractivity contribution < 1.29 is 18.0 Å². The Morgan fingerprint density at radius 2 is 2.00 bits per heavy atom. The molecule has 19 heavy (non-hydrogen) atoms. The van der Waals surface area contributed by atoms with Crippen molar-refractivity contribution in [2.75, 3.05) is 10.7 Å². The predicted octanol–water partition coefficient (Wildman–Crippen LogP) is 3.20.